The van der Waals surface area contributed by atoms with E-state index >= 15 is 0 Å². The van der Waals surface area contributed by atoms with Crippen LogP contribution < -0.4 is 10.5 Å². The van der Waals surface area contributed by atoms with Crippen molar-refractivity contribution in [3.63, 3.8) is 0 Å². The number of nitrogens with two attached hydrogens (primary N) is 1. The summed E-state index contributed by atoms with van der Waals surface area (Å²) in [5, 5.41) is 0. The third kappa shape index (κ3) is 2.87. The van der Waals surface area contributed by atoms with E-state index in [2.05, 4.69) is 28.9 Å². The van der Waals surface area contributed by atoms with Crippen molar-refractivity contribution in [1.29, 1.82) is 0 Å². The molecular weight excluding hydrogens is 294 g/mol. The van der Waals surface area contributed by atoms with Gasteiger partial charge in [-0.05, 0) is 36.5 Å². The maximum atomic E-state index is 6.45. The van der Waals surface area contributed by atoms with Gasteiger partial charge in [-0.15, -0.1) is 0 Å². The molecule has 1 aromatic carbocycles. The number of halogens is 1. The summed E-state index contributed by atoms with van der Waals surface area (Å²) in [5.74, 6) is 1.80. The van der Waals surface area contributed by atoms with E-state index in [-0.39, 0.29) is 6.04 Å². The van der Waals surface area contributed by atoms with Crippen LogP contribution in [0.2, 0.25) is 0 Å². The molecule has 0 spiro atoms. The molecule has 3 atom stereocenters. The van der Waals surface area contributed by atoms with E-state index in [1.807, 2.05) is 12.1 Å². The molecule has 3 nitrogen and oxygen atoms in total. The second-order valence-electron chi connectivity index (χ2n) is 4.92. The van der Waals surface area contributed by atoms with Crippen LogP contribution in [0.3, 0.4) is 0 Å². The zero-order chi connectivity index (χ0) is 13.1. The van der Waals surface area contributed by atoms with Crippen LogP contribution in [0.15, 0.2) is 22.7 Å². The molecule has 4 heteroatoms. The second kappa shape index (κ2) is 6.04. The Morgan fingerprint density at radius 2 is 2.28 bits per heavy atom. The van der Waals surface area contributed by atoms with Gasteiger partial charge in [0.1, 0.15) is 5.75 Å². The van der Waals surface area contributed by atoms with E-state index in [0.29, 0.717) is 11.8 Å². The molecule has 0 bridgehead atoms. The lowest BCUT2D eigenvalue weighted by atomic mass is 9.81. The zero-order valence-corrected chi connectivity index (χ0v) is 12.4. The first kappa shape index (κ1) is 13.8. The average Bonchev–Trinajstić information content (AvgIpc) is 2.38. The van der Waals surface area contributed by atoms with Crippen LogP contribution >= 0.6 is 15.9 Å². The summed E-state index contributed by atoms with van der Waals surface area (Å²) in [6.45, 7) is 3.81. The quantitative estimate of drug-likeness (QED) is 0.932. The van der Waals surface area contributed by atoms with Gasteiger partial charge in [-0.1, -0.05) is 22.9 Å². The molecule has 1 aliphatic rings. The minimum atomic E-state index is -0.00338. The highest BCUT2D eigenvalue weighted by molar-refractivity contribution is 9.10. The molecule has 0 radical (unpaired) electrons. The highest BCUT2D eigenvalue weighted by Gasteiger charge is 2.30. The molecule has 3 unspecified atom stereocenters. The van der Waals surface area contributed by atoms with Crippen molar-refractivity contribution in [3.8, 4) is 5.75 Å². The minimum Gasteiger partial charge on any atom is -0.496 e. The van der Waals surface area contributed by atoms with Gasteiger partial charge in [0, 0.05) is 29.3 Å². The SMILES string of the molecule is COc1ccc(Br)cc1C(N)C1CCOCC1C. The molecule has 0 aromatic heterocycles. The van der Waals surface area contributed by atoms with E-state index < -0.39 is 0 Å². The molecule has 2 N–H and O–H groups in total. The molecule has 1 fully saturated rings. The van der Waals surface area contributed by atoms with Gasteiger partial charge in [-0.2, -0.15) is 0 Å². The third-order valence-electron chi connectivity index (χ3n) is 3.72. The van der Waals surface area contributed by atoms with Crippen LogP contribution in [0, 0.1) is 11.8 Å². The molecule has 0 saturated carbocycles. The van der Waals surface area contributed by atoms with Gasteiger partial charge < -0.3 is 15.2 Å². The van der Waals surface area contributed by atoms with Crippen molar-refractivity contribution in [2.75, 3.05) is 20.3 Å². The fourth-order valence-corrected chi connectivity index (χ4v) is 3.01. The summed E-state index contributed by atoms with van der Waals surface area (Å²) >= 11 is 3.50. The van der Waals surface area contributed by atoms with Gasteiger partial charge in [0.15, 0.2) is 0 Å². The number of hydrogen-bond acceptors (Lipinski definition) is 3. The Morgan fingerprint density at radius 3 is 2.94 bits per heavy atom. The molecule has 1 heterocycles. The fourth-order valence-electron chi connectivity index (χ4n) is 2.63. The maximum absolute atomic E-state index is 6.45. The number of methoxy groups -OCH3 is 1. The lowest BCUT2D eigenvalue weighted by Crippen LogP contribution is -2.34. The van der Waals surface area contributed by atoms with E-state index in [9.17, 15) is 0 Å². The van der Waals surface area contributed by atoms with Crippen LogP contribution in [0.25, 0.3) is 0 Å². The Bertz CT molecular complexity index is 411. The number of rotatable bonds is 3. The van der Waals surface area contributed by atoms with Gasteiger partial charge in [0.2, 0.25) is 0 Å². The summed E-state index contributed by atoms with van der Waals surface area (Å²) < 4.78 is 11.9. The third-order valence-corrected chi connectivity index (χ3v) is 4.21. The van der Waals surface area contributed by atoms with Crippen molar-refractivity contribution in [1.82, 2.24) is 0 Å². The summed E-state index contributed by atoms with van der Waals surface area (Å²) in [5.41, 5.74) is 7.52. The first-order valence-electron chi connectivity index (χ1n) is 6.30. The maximum Gasteiger partial charge on any atom is 0.123 e. The molecule has 18 heavy (non-hydrogen) atoms. The Labute approximate surface area is 117 Å². The largest absolute Gasteiger partial charge is 0.496 e. The molecule has 1 aliphatic heterocycles. The van der Waals surface area contributed by atoms with Crippen LogP contribution in [0.4, 0.5) is 0 Å². The van der Waals surface area contributed by atoms with Crippen LogP contribution in [-0.2, 0) is 4.74 Å². The summed E-state index contributed by atoms with van der Waals surface area (Å²) in [4.78, 5) is 0. The zero-order valence-electron chi connectivity index (χ0n) is 10.9. The van der Waals surface area contributed by atoms with Crippen molar-refractivity contribution >= 4 is 15.9 Å². The molecule has 2 rings (SSSR count). The van der Waals surface area contributed by atoms with Crippen LogP contribution in [0.5, 0.6) is 5.75 Å². The Hall–Kier alpha value is -0.580. The lowest BCUT2D eigenvalue weighted by Gasteiger charge is -2.34. The molecule has 1 aromatic rings. The standard InChI is InChI=1S/C14H20BrNO2/c1-9-8-18-6-5-11(9)14(16)12-7-10(15)3-4-13(12)17-2/h3-4,7,9,11,14H,5-6,8,16H2,1-2H3. The first-order chi connectivity index (χ1) is 8.63. The lowest BCUT2D eigenvalue weighted by molar-refractivity contribution is 0.0152. The predicted octanol–water partition coefficient (Wildman–Crippen LogP) is 3.13. The average molecular weight is 314 g/mol. The monoisotopic (exact) mass is 313 g/mol. The molecule has 0 amide bonds. The van der Waals surface area contributed by atoms with Crippen LogP contribution in [0.1, 0.15) is 24.9 Å². The Kier molecular flexibility index (Phi) is 4.65. The Balaban J connectivity index is 2.26. The number of benzene rings is 1. The molecule has 0 aliphatic carbocycles. The fraction of sp³-hybridized carbons (Fsp3) is 0.571. The number of ether oxygens (including phenoxy) is 2. The van der Waals surface area contributed by atoms with Crippen molar-refractivity contribution < 1.29 is 9.47 Å². The van der Waals surface area contributed by atoms with Gasteiger partial charge in [-0.3, -0.25) is 0 Å². The van der Waals surface area contributed by atoms with Gasteiger partial charge in [0.05, 0.1) is 7.11 Å². The topological polar surface area (TPSA) is 44.5 Å². The summed E-state index contributed by atoms with van der Waals surface area (Å²) in [7, 11) is 1.69. The number of hydrogen-bond donors (Lipinski definition) is 1. The highest BCUT2D eigenvalue weighted by atomic mass is 79.9. The van der Waals surface area contributed by atoms with Crippen molar-refractivity contribution in [3.05, 3.63) is 28.2 Å². The Morgan fingerprint density at radius 1 is 1.50 bits per heavy atom. The highest BCUT2D eigenvalue weighted by Crippen LogP contribution is 2.37. The van der Waals surface area contributed by atoms with E-state index in [1.165, 1.54) is 0 Å². The minimum absolute atomic E-state index is 0.00338. The predicted molar refractivity (Wildman–Crippen MR) is 75.7 cm³/mol. The smallest absolute Gasteiger partial charge is 0.123 e. The van der Waals surface area contributed by atoms with Gasteiger partial charge >= 0.3 is 0 Å². The van der Waals surface area contributed by atoms with Crippen LogP contribution in [-0.4, -0.2) is 20.3 Å². The van der Waals surface area contributed by atoms with Gasteiger partial charge in [0.25, 0.3) is 0 Å². The molecular formula is C14H20BrNO2. The first-order valence-corrected chi connectivity index (χ1v) is 7.09. The van der Waals surface area contributed by atoms with Crippen molar-refractivity contribution in [2.24, 2.45) is 17.6 Å². The normalized spacial score (nSPS) is 25.8. The summed E-state index contributed by atoms with van der Waals surface area (Å²) in [6.07, 6.45) is 1.01. The molecule has 100 valence electrons. The van der Waals surface area contributed by atoms with E-state index in [1.54, 1.807) is 7.11 Å². The van der Waals surface area contributed by atoms with Gasteiger partial charge in [-0.25, -0.2) is 0 Å². The second-order valence-corrected chi connectivity index (χ2v) is 5.83. The summed E-state index contributed by atoms with van der Waals surface area (Å²) in [6, 6.07) is 5.99. The van der Waals surface area contributed by atoms with E-state index in [4.69, 9.17) is 15.2 Å². The molecule has 1 saturated heterocycles. The van der Waals surface area contributed by atoms with E-state index in [0.717, 1.165) is 35.4 Å². The van der Waals surface area contributed by atoms with Crippen molar-refractivity contribution in [2.45, 2.75) is 19.4 Å².